The van der Waals surface area contributed by atoms with Crippen LogP contribution in [0.3, 0.4) is 0 Å². The molecule has 6 nitrogen and oxygen atoms in total. The van der Waals surface area contributed by atoms with Crippen LogP contribution in [-0.2, 0) is 10.2 Å². The Kier molecular flexibility index (Phi) is 7.51. The van der Waals surface area contributed by atoms with Crippen LogP contribution in [0.25, 0.3) is 0 Å². The number of hydrogen-bond donors (Lipinski definition) is 2. The molecule has 0 saturated carbocycles. The Bertz CT molecular complexity index is 974. The van der Waals surface area contributed by atoms with E-state index in [4.69, 9.17) is 12.2 Å². The predicted molar refractivity (Wildman–Crippen MR) is 134 cm³/mol. The zero-order chi connectivity index (χ0) is 23.3. The van der Waals surface area contributed by atoms with Crippen LogP contribution >= 0.6 is 12.2 Å². The van der Waals surface area contributed by atoms with Gasteiger partial charge in [-0.1, -0.05) is 52.0 Å². The third-order valence-corrected chi connectivity index (χ3v) is 5.87. The Labute approximate surface area is 196 Å². The van der Waals surface area contributed by atoms with Gasteiger partial charge in [0.25, 0.3) is 5.91 Å². The molecule has 0 unspecified atom stereocenters. The van der Waals surface area contributed by atoms with Gasteiger partial charge < -0.3 is 15.1 Å². The summed E-state index contributed by atoms with van der Waals surface area (Å²) < 4.78 is 0. The summed E-state index contributed by atoms with van der Waals surface area (Å²) in [4.78, 5) is 28.7. The summed E-state index contributed by atoms with van der Waals surface area (Å²) in [5, 5.41) is 6.19. The number of piperazine rings is 1. The lowest BCUT2D eigenvalue weighted by atomic mass is 9.87. The van der Waals surface area contributed by atoms with Crippen molar-refractivity contribution < 1.29 is 9.59 Å². The molecule has 0 spiro atoms. The number of para-hydroxylation sites is 2. The van der Waals surface area contributed by atoms with Gasteiger partial charge in [-0.25, -0.2) is 0 Å². The van der Waals surface area contributed by atoms with E-state index < -0.39 is 0 Å². The minimum Gasteiger partial charge on any atom is -0.366 e. The van der Waals surface area contributed by atoms with Crippen molar-refractivity contribution in [2.75, 3.05) is 36.4 Å². The molecule has 0 atom stereocenters. The van der Waals surface area contributed by atoms with Gasteiger partial charge >= 0.3 is 0 Å². The van der Waals surface area contributed by atoms with Gasteiger partial charge in [0.2, 0.25) is 5.91 Å². The lowest BCUT2D eigenvalue weighted by Gasteiger charge is -2.37. The fourth-order valence-corrected chi connectivity index (χ4v) is 3.93. The molecule has 0 aromatic heterocycles. The summed E-state index contributed by atoms with van der Waals surface area (Å²) in [6.45, 7) is 11.2. The molecule has 0 radical (unpaired) electrons. The molecule has 2 N–H and O–H groups in total. The number of carbonyl (C=O) groups is 2. The average Bonchev–Trinajstić information content (AvgIpc) is 2.78. The third-order valence-electron chi connectivity index (χ3n) is 5.67. The average molecular weight is 453 g/mol. The van der Waals surface area contributed by atoms with Gasteiger partial charge in [-0.05, 0) is 47.5 Å². The van der Waals surface area contributed by atoms with Crippen molar-refractivity contribution in [3.8, 4) is 0 Å². The second-order valence-corrected chi connectivity index (χ2v) is 9.38. The summed E-state index contributed by atoms with van der Waals surface area (Å²) in [6, 6.07) is 15.5. The molecule has 1 aliphatic heterocycles. The van der Waals surface area contributed by atoms with Crippen LogP contribution in [0.2, 0.25) is 0 Å². The number of hydrogen-bond acceptors (Lipinski definition) is 4. The largest absolute Gasteiger partial charge is 0.366 e. The molecule has 0 aliphatic carbocycles. The van der Waals surface area contributed by atoms with Gasteiger partial charge in [0.05, 0.1) is 11.4 Å². The van der Waals surface area contributed by atoms with E-state index in [-0.39, 0.29) is 22.3 Å². The molecule has 1 fully saturated rings. The van der Waals surface area contributed by atoms with Gasteiger partial charge in [0.1, 0.15) is 0 Å². The minimum atomic E-state index is -0.243. The van der Waals surface area contributed by atoms with E-state index in [0.717, 1.165) is 24.5 Å². The Balaban J connectivity index is 1.62. The molecule has 32 heavy (non-hydrogen) atoms. The first-order valence-electron chi connectivity index (χ1n) is 11.0. The number of amides is 2. The first-order chi connectivity index (χ1) is 15.2. The number of thiocarbonyl (C=S) groups is 1. The third kappa shape index (κ3) is 5.85. The maximum absolute atomic E-state index is 12.6. The van der Waals surface area contributed by atoms with E-state index in [9.17, 15) is 9.59 Å². The van der Waals surface area contributed by atoms with Crippen LogP contribution in [0.1, 0.15) is 50.0 Å². The lowest BCUT2D eigenvalue weighted by Crippen LogP contribution is -2.48. The standard InChI is InChI=1S/C25H32N4O2S/c1-5-22(30)29-16-14-28(15-17-29)21-9-7-6-8-20(21)26-24(32)27-23(31)18-10-12-19(13-11-18)25(2,3)4/h6-13H,5,14-17H2,1-4H3,(H2,26,27,31,32). The van der Waals surface area contributed by atoms with Crippen LogP contribution in [-0.4, -0.2) is 48.0 Å². The van der Waals surface area contributed by atoms with Gasteiger partial charge in [0, 0.05) is 38.2 Å². The number of benzene rings is 2. The Morgan fingerprint density at radius 1 is 0.969 bits per heavy atom. The summed E-state index contributed by atoms with van der Waals surface area (Å²) in [5.41, 5.74) is 3.60. The molecule has 1 aliphatic rings. The Hall–Kier alpha value is -2.93. The molecule has 1 heterocycles. The molecule has 0 bridgehead atoms. The van der Waals surface area contributed by atoms with Gasteiger partial charge in [-0.2, -0.15) is 0 Å². The van der Waals surface area contributed by atoms with Crippen LogP contribution in [0.5, 0.6) is 0 Å². The van der Waals surface area contributed by atoms with Crippen LogP contribution in [0.4, 0.5) is 11.4 Å². The zero-order valence-electron chi connectivity index (χ0n) is 19.3. The van der Waals surface area contributed by atoms with Crippen molar-refractivity contribution in [2.24, 2.45) is 0 Å². The monoisotopic (exact) mass is 452 g/mol. The van der Waals surface area contributed by atoms with Crippen LogP contribution in [0, 0.1) is 0 Å². The fraction of sp³-hybridized carbons (Fsp3) is 0.400. The second-order valence-electron chi connectivity index (χ2n) is 8.97. The molecule has 3 rings (SSSR count). The molecule has 1 saturated heterocycles. The van der Waals surface area contributed by atoms with Crippen LogP contribution in [0.15, 0.2) is 48.5 Å². The van der Waals surface area contributed by atoms with E-state index in [1.54, 1.807) is 0 Å². The first-order valence-corrected chi connectivity index (χ1v) is 11.4. The Morgan fingerprint density at radius 3 is 2.19 bits per heavy atom. The van der Waals surface area contributed by atoms with Crippen LogP contribution < -0.4 is 15.5 Å². The highest BCUT2D eigenvalue weighted by Crippen LogP contribution is 2.27. The fourth-order valence-electron chi connectivity index (χ4n) is 3.73. The van der Waals surface area contributed by atoms with Crippen molar-refractivity contribution in [1.29, 1.82) is 0 Å². The normalized spacial score (nSPS) is 14.1. The molecular formula is C25H32N4O2S. The van der Waals surface area contributed by atoms with Crippen molar-refractivity contribution in [3.05, 3.63) is 59.7 Å². The van der Waals surface area contributed by atoms with Crippen molar-refractivity contribution in [3.63, 3.8) is 0 Å². The number of rotatable bonds is 4. The summed E-state index contributed by atoms with van der Waals surface area (Å²) in [6.07, 6.45) is 0.533. The maximum atomic E-state index is 12.6. The number of nitrogens with zero attached hydrogens (tertiary/aromatic N) is 2. The highest BCUT2D eigenvalue weighted by Gasteiger charge is 2.22. The Morgan fingerprint density at radius 2 is 1.59 bits per heavy atom. The summed E-state index contributed by atoms with van der Waals surface area (Å²) in [7, 11) is 0. The minimum absolute atomic E-state index is 0.0326. The molecule has 7 heteroatoms. The maximum Gasteiger partial charge on any atom is 0.257 e. The van der Waals surface area contributed by atoms with E-state index in [1.165, 1.54) is 5.56 Å². The summed E-state index contributed by atoms with van der Waals surface area (Å²) >= 11 is 5.41. The summed E-state index contributed by atoms with van der Waals surface area (Å²) in [5.74, 6) is -0.0531. The smallest absolute Gasteiger partial charge is 0.257 e. The SMILES string of the molecule is CCC(=O)N1CCN(c2ccccc2NC(=S)NC(=O)c2ccc(C(C)(C)C)cc2)CC1. The van der Waals surface area contributed by atoms with Gasteiger partial charge in [-0.3, -0.25) is 14.9 Å². The van der Waals surface area contributed by atoms with Crippen molar-refractivity contribution in [1.82, 2.24) is 10.2 Å². The number of carbonyl (C=O) groups excluding carboxylic acids is 2. The van der Waals surface area contributed by atoms with Crippen molar-refractivity contribution in [2.45, 2.75) is 39.5 Å². The van der Waals surface area contributed by atoms with E-state index in [0.29, 0.717) is 25.1 Å². The van der Waals surface area contributed by atoms with Crippen molar-refractivity contribution >= 4 is 40.5 Å². The number of anilines is 2. The molecule has 2 aromatic carbocycles. The number of nitrogens with one attached hydrogen (secondary N) is 2. The quantitative estimate of drug-likeness (QED) is 0.682. The topological polar surface area (TPSA) is 64.7 Å². The predicted octanol–water partition coefficient (Wildman–Crippen LogP) is 4.17. The molecule has 2 amide bonds. The highest BCUT2D eigenvalue weighted by molar-refractivity contribution is 7.80. The van der Waals surface area contributed by atoms with E-state index in [2.05, 4.69) is 36.3 Å². The first kappa shape index (κ1) is 23.7. The highest BCUT2D eigenvalue weighted by atomic mass is 32.1. The van der Waals surface area contributed by atoms with E-state index in [1.807, 2.05) is 60.4 Å². The van der Waals surface area contributed by atoms with Gasteiger partial charge in [-0.15, -0.1) is 0 Å². The van der Waals surface area contributed by atoms with E-state index >= 15 is 0 Å². The second kappa shape index (κ2) is 10.1. The molecule has 2 aromatic rings. The molecule has 170 valence electrons. The van der Waals surface area contributed by atoms with Gasteiger partial charge in [0.15, 0.2) is 5.11 Å². The molecular weight excluding hydrogens is 420 g/mol. The zero-order valence-corrected chi connectivity index (χ0v) is 20.1. The lowest BCUT2D eigenvalue weighted by molar-refractivity contribution is -0.131.